The number of hydrogen-bond donors (Lipinski definition) is 2. The van der Waals surface area contributed by atoms with Crippen molar-refractivity contribution in [3.8, 4) is 0 Å². The minimum Gasteiger partial charge on any atom is -0.478 e. The lowest BCUT2D eigenvalue weighted by atomic mass is 9.96. The number of aryl methyl sites for hydroxylation is 1. The van der Waals surface area contributed by atoms with Gasteiger partial charge in [0.25, 0.3) is 0 Å². The summed E-state index contributed by atoms with van der Waals surface area (Å²) in [7, 11) is 2.15. The highest BCUT2D eigenvalue weighted by atomic mass is 16.4. The first-order valence-corrected chi connectivity index (χ1v) is 10.9. The molecule has 2 aromatic carbocycles. The Hall–Kier alpha value is -4.26. The molecule has 0 amide bonds. The van der Waals surface area contributed by atoms with Crippen molar-refractivity contribution in [2.45, 2.75) is 25.4 Å². The van der Waals surface area contributed by atoms with Gasteiger partial charge in [-0.3, -0.25) is 9.98 Å². The number of carbonyl (C=O) groups is 2. The number of aliphatic carboxylic acids is 2. The molecule has 174 valence electrons. The van der Waals surface area contributed by atoms with Crippen LogP contribution in [0.15, 0.2) is 96.3 Å². The zero-order valence-electron chi connectivity index (χ0n) is 18.9. The van der Waals surface area contributed by atoms with Gasteiger partial charge in [0.1, 0.15) is 11.9 Å². The Balaban J connectivity index is 0.000000350. The number of benzene rings is 2. The van der Waals surface area contributed by atoms with Gasteiger partial charge in [-0.1, -0.05) is 54.6 Å². The molecule has 0 bridgehead atoms. The van der Waals surface area contributed by atoms with Gasteiger partial charge in [0.05, 0.1) is 0 Å². The minimum absolute atomic E-state index is 0.0323. The number of carboxylic acids is 2. The summed E-state index contributed by atoms with van der Waals surface area (Å²) in [6.45, 7) is 0.894. The van der Waals surface area contributed by atoms with Crippen LogP contribution in [0.5, 0.6) is 0 Å². The topological polar surface area (TPSA) is 103 Å². The third kappa shape index (κ3) is 7.13. The average Bonchev–Trinajstić information content (AvgIpc) is 2.99. The highest BCUT2D eigenvalue weighted by Crippen LogP contribution is 2.32. The molecule has 0 spiro atoms. The molecule has 1 aliphatic rings. The molecule has 1 atom stereocenters. The largest absolute Gasteiger partial charge is 0.478 e. The second kappa shape index (κ2) is 12.1. The van der Waals surface area contributed by atoms with Crippen LogP contribution in [-0.2, 0) is 22.6 Å². The molecule has 1 aromatic heterocycles. The van der Waals surface area contributed by atoms with E-state index >= 15 is 0 Å². The van der Waals surface area contributed by atoms with Crippen molar-refractivity contribution in [3.05, 3.63) is 114 Å². The number of amidine groups is 1. The third-order valence-corrected chi connectivity index (χ3v) is 5.35. The smallest absolute Gasteiger partial charge is 0.328 e. The predicted molar refractivity (Wildman–Crippen MR) is 131 cm³/mol. The number of nitrogens with zero attached hydrogens (tertiary/aromatic N) is 3. The Labute approximate surface area is 198 Å². The van der Waals surface area contributed by atoms with Crippen LogP contribution < -0.4 is 0 Å². The number of hydrogen-bond acceptors (Lipinski definition) is 5. The standard InChI is InChI=1S/C23H23N3.C4H4O4/c1-26-17-20-9-5-6-10-21(20)23(19-13-15-24-16-14-19)25-22(26)12-11-18-7-3-2-4-8-18;5-3(6)1-2-4(7)8/h2-10,13-16,23H,11-12,17H2,1H3;1-2H,(H,5,6)(H,7,8)/b;2-1+. The first-order valence-electron chi connectivity index (χ1n) is 10.9. The first kappa shape index (κ1) is 24.4. The molecule has 1 unspecified atom stereocenters. The zero-order chi connectivity index (χ0) is 24.3. The normalized spacial score (nSPS) is 14.9. The van der Waals surface area contributed by atoms with E-state index in [9.17, 15) is 9.59 Å². The van der Waals surface area contributed by atoms with Gasteiger partial charge in [-0.25, -0.2) is 9.59 Å². The Morgan fingerprint density at radius 1 is 0.912 bits per heavy atom. The van der Waals surface area contributed by atoms with Gasteiger partial charge in [-0.15, -0.1) is 0 Å². The van der Waals surface area contributed by atoms with Gasteiger partial charge in [-0.2, -0.15) is 0 Å². The number of aromatic nitrogens is 1. The summed E-state index contributed by atoms with van der Waals surface area (Å²) in [6.07, 6.45) is 6.77. The summed E-state index contributed by atoms with van der Waals surface area (Å²) in [5.74, 6) is -1.35. The Kier molecular flexibility index (Phi) is 8.68. The summed E-state index contributed by atoms with van der Waals surface area (Å²) in [4.78, 5) is 30.8. The lowest BCUT2D eigenvalue weighted by Gasteiger charge is -2.20. The second-order valence-electron chi connectivity index (χ2n) is 7.78. The van der Waals surface area contributed by atoms with Crippen LogP contribution in [0.2, 0.25) is 0 Å². The van der Waals surface area contributed by atoms with Crippen molar-refractivity contribution in [2.75, 3.05) is 7.05 Å². The maximum absolute atomic E-state index is 9.55. The van der Waals surface area contributed by atoms with Gasteiger partial charge in [-0.05, 0) is 40.8 Å². The predicted octanol–water partition coefficient (Wildman–Crippen LogP) is 4.36. The van der Waals surface area contributed by atoms with Crippen molar-refractivity contribution in [2.24, 2.45) is 4.99 Å². The Morgan fingerprint density at radius 2 is 1.53 bits per heavy atom. The number of carboxylic acid groups (broad SMARTS) is 2. The quantitative estimate of drug-likeness (QED) is 0.533. The SMILES string of the molecule is CN1Cc2ccccc2C(c2ccncc2)N=C1CCc1ccccc1.O=C(O)/C=C/C(=O)O. The van der Waals surface area contributed by atoms with E-state index in [0.29, 0.717) is 12.2 Å². The molecule has 7 heteroatoms. The summed E-state index contributed by atoms with van der Waals surface area (Å²) < 4.78 is 0. The molecule has 0 saturated carbocycles. The van der Waals surface area contributed by atoms with Crippen molar-refractivity contribution in [1.29, 1.82) is 0 Å². The Morgan fingerprint density at radius 3 is 2.18 bits per heavy atom. The van der Waals surface area contributed by atoms with Crippen LogP contribution in [0.1, 0.15) is 34.7 Å². The van der Waals surface area contributed by atoms with Crippen LogP contribution in [0.3, 0.4) is 0 Å². The van der Waals surface area contributed by atoms with E-state index in [2.05, 4.69) is 83.7 Å². The van der Waals surface area contributed by atoms with Gasteiger partial charge in [0.15, 0.2) is 0 Å². The van der Waals surface area contributed by atoms with Crippen molar-refractivity contribution >= 4 is 17.8 Å². The minimum atomic E-state index is -1.26. The van der Waals surface area contributed by atoms with E-state index < -0.39 is 11.9 Å². The molecular weight excluding hydrogens is 430 g/mol. The van der Waals surface area contributed by atoms with Crippen LogP contribution in [0.4, 0.5) is 0 Å². The number of rotatable bonds is 6. The molecule has 1 aliphatic heterocycles. The summed E-state index contributed by atoms with van der Waals surface area (Å²) in [6, 6.07) is 23.5. The van der Waals surface area contributed by atoms with E-state index in [0.717, 1.165) is 25.2 Å². The van der Waals surface area contributed by atoms with E-state index in [-0.39, 0.29) is 6.04 Å². The van der Waals surface area contributed by atoms with Crippen LogP contribution in [0.25, 0.3) is 0 Å². The highest BCUT2D eigenvalue weighted by Gasteiger charge is 2.23. The summed E-state index contributed by atoms with van der Waals surface area (Å²) in [5, 5.41) is 15.6. The van der Waals surface area contributed by atoms with E-state index in [1.807, 2.05) is 12.4 Å². The number of fused-ring (bicyclic) bond motifs is 1. The molecular formula is C27H27N3O4. The second-order valence-corrected chi connectivity index (χ2v) is 7.78. The molecule has 0 radical (unpaired) electrons. The van der Waals surface area contributed by atoms with Crippen LogP contribution >= 0.6 is 0 Å². The molecule has 7 nitrogen and oxygen atoms in total. The first-order chi connectivity index (χ1) is 16.4. The van der Waals surface area contributed by atoms with Crippen molar-refractivity contribution < 1.29 is 19.8 Å². The van der Waals surface area contributed by atoms with E-state index in [1.54, 1.807) is 0 Å². The van der Waals surface area contributed by atoms with Gasteiger partial charge < -0.3 is 15.1 Å². The fourth-order valence-corrected chi connectivity index (χ4v) is 3.71. The molecule has 3 aromatic rings. The van der Waals surface area contributed by atoms with Crippen molar-refractivity contribution in [3.63, 3.8) is 0 Å². The zero-order valence-corrected chi connectivity index (χ0v) is 18.9. The maximum atomic E-state index is 9.55. The van der Waals surface area contributed by atoms with Crippen molar-refractivity contribution in [1.82, 2.24) is 9.88 Å². The summed E-state index contributed by atoms with van der Waals surface area (Å²) >= 11 is 0. The Bertz CT molecular complexity index is 1140. The highest BCUT2D eigenvalue weighted by molar-refractivity contribution is 5.89. The summed E-state index contributed by atoms with van der Waals surface area (Å²) in [5.41, 5.74) is 5.18. The molecule has 0 saturated heterocycles. The fourth-order valence-electron chi connectivity index (χ4n) is 3.71. The van der Waals surface area contributed by atoms with Gasteiger partial charge >= 0.3 is 11.9 Å². The number of aliphatic imine (C=N–C) groups is 1. The van der Waals surface area contributed by atoms with Gasteiger partial charge in [0, 0.05) is 44.6 Å². The molecule has 2 N–H and O–H groups in total. The van der Waals surface area contributed by atoms with E-state index in [4.69, 9.17) is 15.2 Å². The molecule has 0 fully saturated rings. The monoisotopic (exact) mass is 457 g/mol. The molecule has 34 heavy (non-hydrogen) atoms. The van der Waals surface area contributed by atoms with Gasteiger partial charge in [0.2, 0.25) is 0 Å². The molecule has 0 aliphatic carbocycles. The van der Waals surface area contributed by atoms with Crippen LogP contribution in [-0.4, -0.2) is 44.9 Å². The maximum Gasteiger partial charge on any atom is 0.328 e. The lowest BCUT2D eigenvalue weighted by Crippen LogP contribution is -2.26. The molecule has 4 rings (SSSR count). The molecule has 2 heterocycles. The number of pyridine rings is 1. The fraction of sp³-hybridized carbons (Fsp3) is 0.185. The van der Waals surface area contributed by atoms with Crippen LogP contribution in [0, 0.1) is 0 Å². The van der Waals surface area contributed by atoms with E-state index in [1.165, 1.54) is 22.3 Å². The lowest BCUT2D eigenvalue weighted by molar-refractivity contribution is -0.134. The third-order valence-electron chi connectivity index (χ3n) is 5.35. The average molecular weight is 458 g/mol.